The van der Waals surface area contributed by atoms with Crippen LogP contribution in [0.25, 0.3) is 0 Å². The van der Waals surface area contributed by atoms with Gasteiger partial charge in [0.1, 0.15) is 0 Å². The molecule has 1 saturated heterocycles. The quantitative estimate of drug-likeness (QED) is 0.893. The number of thioether (sulfide) groups is 1. The van der Waals surface area contributed by atoms with Crippen LogP contribution >= 0.6 is 11.8 Å². The van der Waals surface area contributed by atoms with Gasteiger partial charge in [-0.3, -0.25) is 4.90 Å². The van der Waals surface area contributed by atoms with Gasteiger partial charge in [0.15, 0.2) is 0 Å². The lowest BCUT2D eigenvalue weighted by Crippen LogP contribution is -2.41. The lowest BCUT2D eigenvalue weighted by atomic mass is 9.96. The smallest absolute Gasteiger partial charge is 0.0718 e. The van der Waals surface area contributed by atoms with E-state index in [0.29, 0.717) is 6.04 Å². The Kier molecular flexibility index (Phi) is 5.00. The van der Waals surface area contributed by atoms with Gasteiger partial charge < -0.3 is 10.4 Å². The summed E-state index contributed by atoms with van der Waals surface area (Å²) >= 11 is 2.07. The molecule has 2 aliphatic rings. The molecule has 4 heteroatoms. The monoisotopic (exact) mass is 320 g/mol. The first-order valence-electron chi connectivity index (χ1n) is 8.41. The molecule has 3 nitrogen and oxygen atoms in total. The van der Waals surface area contributed by atoms with E-state index >= 15 is 0 Å². The summed E-state index contributed by atoms with van der Waals surface area (Å²) in [5.41, 5.74) is 3.63. The van der Waals surface area contributed by atoms with Crippen molar-refractivity contribution in [1.29, 1.82) is 0 Å². The zero-order valence-corrected chi connectivity index (χ0v) is 14.6. The molecule has 0 unspecified atom stereocenters. The van der Waals surface area contributed by atoms with Crippen LogP contribution in [0.4, 0.5) is 5.69 Å². The highest BCUT2D eigenvalue weighted by Crippen LogP contribution is 2.29. The maximum atomic E-state index is 10.0. The molecule has 1 aromatic carbocycles. The Morgan fingerprint density at radius 3 is 3.00 bits per heavy atom. The molecule has 2 N–H and O–H groups in total. The molecule has 1 fully saturated rings. The van der Waals surface area contributed by atoms with Gasteiger partial charge in [-0.2, -0.15) is 11.8 Å². The van der Waals surface area contributed by atoms with Crippen molar-refractivity contribution in [3.63, 3.8) is 0 Å². The van der Waals surface area contributed by atoms with Crippen molar-refractivity contribution in [1.82, 2.24) is 4.90 Å². The third kappa shape index (κ3) is 4.18. The zero-order chi connectivity index (χ0) is 15.6. The van der Waals surface area contributed by atoms with Gasteiger partial charge in [-0.05, 0) is 56.1 Å². The molecule has 0 bridgehead atoms. The fraction of sp³-hybridized carbons (Fsp3) is 0.667. The van der Waals surface area contributed by atoms with E-state index in [-0.39, 0.29) is 0 Å². The number of hydrogen-bond acceptors (Lipinski definition) is 4. The van der Waals surface area contributed by atoms with Crippen LogP contribution in [0.5, 0.6) is 0 Å². The highest BCUT2D eigenvalue weighted by atomic mass is 32.2. The number of hydrogen-bond donors (Lipinski definition) is 2. The second kappa shape index (κ2) is 6.81. The molecule has 0 aromatic heterocycles. The highest BCUT2D eigenvalue weighted by Gasteiger charge is 2.24. The van der Waals surface area contributed by atoms with Gasteiger partial charge in [0, 0.05) is 37.1 Å². The van der Waals surface area contributed by atoms with Crippen molar-refractivity contribution in [2.24, 2.45) is 0 Å². The highest BCUT2D eigenvalue weighted by molar-refractivity contribution is 7.99. The van der Waals surface area contributed by atoms with E-state index in [2.05, 4.69) is 40.2 Å². The summed E-state index contributed by atoms with van der Waals surface area (Å²) in [5.74, 6) is 2.55. The first-order valence-corrected chi connectivity index (χ1v) is 9.56. The summed E-state index contributed by atoms with van der Waals surface area (Å²) in [4.78, 5) is 2.36. The van der Waals surface area contributed by atoms with Gasteiger partial charge in [-0.25, -0.2) is 0 Å². The normalized spacial score (nSPS) is 23.1. The van der Waals surface area contributed by atoms with Gasteiger partial charge in [0.2, 0.25) is 0 Å². The molecule has 0 amide bonds. The topological polar surface area (TPSA) is 35.5 Å². The van der Waals surface area contributed by atoms with Crippen LogP contribution in [0.15, 0.2) is 18.2 Å². The molecule has 0 radical (unpaired) electrons. The number of fused-ring (bicyclic) bond motifs is 1. The van der Waals surface area contributed by atoms with E-state index in [9.17, 15) is 5.11 Å². The molecule has 2 aliphatic heterocycles. The molecule has 3 rings (SSSR count). The number of benzene rings is 1. The van der Waals surface area contributed by atoms with E-state index in [1.807, 2.05) is 13.8 Å². The number of nitrogens with one attached hydrogen (secondary N) is 1. The number of rotatable bonds is 4. The molecule has 0 aliphatic carbocycles. The molecule has 2 heterocycles. The molecule has 0 spiro atoms. The lowest BCUT2D eigenvalue weighted by molar-refractivity contribution is 0.0318. The minimum absolute atomic E-state index is 0.618. The number of nitrogens with zero attached hydrogens (tertiary/aromatic N) is 1. The maximum Gasteiger partial charge on any atom is 0.0718 e. The average molecular weight is 321 g/mol. The van der Waals surface area contributed by atoms with Crippen LogP contribution in [0.2, 0.25) is 0 Å². The van der Waals surface area contributed by atoms with E-state index in [0.717, 1.165) is 26.1 Å². The molecule has 122 valence electrons. The summed E-state index contributed by atoms with van der Waals surface area (Å²) in [6, 6.07) is 7.28. The maximum absolute atomic E-state index is 10.0. The van der Waals surface area contributed by atoms with Crippen LogP contribution in [-0.4, -0.2) is 46.2 Å². The Morgan fingerprint density at radius 1 is 1.41 bits per heavy atom. The molecule has 1 aromatic rings. The standard InChI is InChI=1S/C18H28N2OS/c1-18(2,21)13-20-9-8-16-14(11-20)5-3-7-17(16)19-15-6-4-10-22-12-15/h3,5,7,15,19,21H,4,6,8-13H2,1-2H3/t15-/m1/s1. The molecule has 1 atom stereocenters. The van der Waals surface area contributed by atoms with Crippen LogP contribution in [0.3, 0.4) is 0 Å². The lowest BCUT2D eigenvalue weighted by Gasteiger charge is -2.34. The average Bonchev–Trinajstić information content (AvgIpc) is 2.47. The van der Waals surface area contributed by atoms with Crippen molar-refractivity contribution in [2.45, 2.75) is 51.3 Å². The van der Waals surface area contributed by atoms with Gasteiger partial charge >= 0.3 is 0 Å². The molecule has 22 heavy (non-hydrogen) atoms. The third-order valence-electron chi connectivity index (χ3n) is 4.48. The molecular formula is C18H28N2OS. The molecule has 0 saturated carbocycles. The fourth-order valence-corrected chi connectivity index (χ4v) is 4.63. The zero-order valence-electron chi connectivity index (χ0n) is 13.8. The van der Waals surface area contributed by atoms with Crippen molar-refractivity contribution in [2.75, 3.05) is 29.9 Å². The summed E-state index contributed by atoms with van der Waals surface area (Å²) in [6.07, 6.45) is 3.70. The van der Waals surface area contributed by atoms with E-state index in [1.54, 1.807) is 0 Å². The summed E-state index contributed by atoms with van der Waals surface area (Å²) < 4.78 is 0. The Labute approximate surface area is 138 Å². The van der Waals surface area contributed by atoms with E-state index in [4.69, 9.17) is 0 Å². The fourth-order valence-electron chi connectivity index (χ4n) is 3.56. The second-order valence-corrected chi connectivity index (χ2v) is 8.42. The van der Waals surface area contributed by atoms with Crippen LogP contribution in [0, 0.1) is 0 Å². The minimum atomic E-state index is -0.618. The Bertz CT molecular complexity index is 506. The van der Waals surface area contributed by atoms with Gasteiger partial charge in [0.05, 0.1) is 5.60 Å². The van der Waals surface area contributed by atoms with Gasteiger partial charge in [-0.15, -0.1) is 0 Å². The second-order valence-electron chi connectivity index (χ2n) is 7.27. The van der Waals surface area contributed by atoms with Gasteiger partial charge in [-0.1, -0.05) is 12.1 Å². The van der Waals surface area contributed by atoms with E-state index in [1.165, 1.54) is 41.2 Å². The van der Waals surface area contributed by atoms with Crippen molar-refractivity contribution >= 4 is 17.4 Å². The summed E-state index contributed by atoms with van der Waals surface area (Å²) in [6.45, 7) is 6.51. The number of aliphatic hydroxyl groups is 1. The predicted octanol–water partition coefficient (Wildman–Crippen LogP) is 3.12. The predicted molar refractivity (Wildman–Crippen MR) is 95.7 cm³/mol. The summed E-state index contributed by atoms with van der Waals surface area (Å²) in [7, 11) is 0. The molecular weight excluding hydrogens is 292 g/mol. The number of β-amino-alcohol motifs (C(OH)–C–C–N with tert-alkyl or cyclic N) is 1. The van der Waals surface area contributed by atoms with Crippen LogP contribution < -0.4 is 5.32 Å². The summed E-state index contributed by atoms with van der Waals surface area (Å²) in [5, 5.41) is 13.8. The van der Waals surface area contributed by atoms with Crippen molar-refractivity contribution in [3.05, 3.63) is 29.3 Å². The first-order chi connectivity index (χ1) is 10.5. The van der Waals surface area contributed by atoms with Crippen LogP contribution in [0.1, 0.15) is 37.8 Å². The first kappa shape index (κ1) is 16.2. The number of anilines is 1. The van der Waals surface area contributed by atoms with Crippen molar-refractivity contribution < 1.29 is 5.11 Å². The Morgan fingerprint density at radius 2 is 2.27 bits per heavy atom. The largest absolute Gasteiger partial charge is 0.389 e. The third-order valence-corrected chi connectivity index (χ3v) is 5.69. The Hall–Kier alpha value is -0.710. The Balaban J connectivity index is 1.69. The van der Waals surface area contributed by atoms with E-state index < -0.39 is 5.60 Å². The van der Waals surface area contributed by atoms with Crippen molar-refractivity contribution in [3.8, 4) is 0 Å². The van der Waals surface area contributed by atoms with Gasteiger partial charge in [0.25, 0.3) is 0 Å². The SMILES string of the molecule is CC(C)(O)CN1CCc2c(cccc2N[C@@H]2CCCSC2)C1. The minimum Gasteiger partial charge on any atom is -0.389 e. The van der Waals surface area contributed by atoms with Crippen LogP contribution in [-0.2, 0) is 13.0 Å².